The van der Waals surface area contributed by atoms with Gasteiger partial charge in [-0.3, -0.25) is 0 Å². The number of carboxylic acids is 1. The Labute approximate surface area is 69.3 Å². The fraction of sp³-hybridized carbons (Fsp3) is 0.429. The Balaban J connectivity index is 2.58. The van der Waals surface area contributed by atoms with E-state index in [1.807, 2.05) is 0 Å². The number of nitrogens with zero attached hydrogens (tertiary/aromatic N) is 2. The number of rotatable bonds is 3. The van der Waals surface area contributed by atoms with Crippen LogP contribution >= 0.6 is 0 Å². The molecule has 0 bridgehead atoms. The van der Waals surface area contributed by atoms with E-state index in [2.05, 4.69) is 4.98 Å². The van der Waals surface area contributed by atoms with Crippen LogP contribution in [0.3, 0.4) is 0 Å². The highest BCUT2D eigenvalue weighted by atomic mass is 16.4. The predicted octanol–water partition coefficient (Wildman–Crippen LogP) is -0.592. The molecule has 1 aromatic rings. The van der Waals surface area contributed by atoms with Gasteiger partial charge in [-0.25, -0.2) is 9.78 Å². The molecule has 0 fully saturated rings. The van der Waals surface area contributed by atoms with Crippen LogP contribution in [0.1, 0.15) is 5.69 Å². The van der Waals surface area contributed by atoms with Crippen LogP contribution in [-0.4, -0.2) is 31.8 Å². The molecule has 12 heavy (non-hydrogen) atoms. The zero-order chi connectivity index (χ0) is 9.14. The first kappa shape index (κ1) is 8.73. The van der Waals surface area contributed by atoms with E-state index in [-0.39, 0.29) is 6.42 Å². The Kier molecular flexibility index (Phi) is 2.44. The lowest BCUT2D eigenvalue weighted by Crippen LogP contribution is -2.22. The van der Waals surface area contributed by atoms with Crippen LogP contribution in [-0.2, 0) is 18.3 Å². The molecular weight excluding hydrogens is 160 g/mol. The third kappa shape index (κ3) is 2.06. The van der Waals surface area contributed by atoms with Gasteiger partial charge in [0.2, 0.25) is 0 Å². The van der Waals surface area contributed by atoms with Gasteiger partial charge in [0, 0.05) is 19.7 Å². The number of carboxylic acid groups (broad SMARTS) is 1. The predicted molar refractivity (Wildman–Crippen MR) is 40.6 cm³/mol. The van der Waals surface area contributed by atoms with Crippen molar-refractivity contribution in [3.8, 4) is 0 Å². The number of aromatic nitrogens is 2. The second-order valence-electron chi connectivity index (χ2n) is 2.59. The number of aliphatic hydroxyl groups is 1. The minimum atomic E-state index is -1.36. The van der Waals surface area contributed by atoms with Crippen molar-refractivity contribution in [1.82, 2.24) is 9.55 Å². The number of aliphatic hydroxyl groups excluding tert-OH is 1. The largest absolute Gasteiger partial charge is 0.479 e. The number of aliphatic carboxylic acids is 1. The van der Waals surface area contributed by atoms with Crippen molar-refractivity contribution in [2.45, 2.75) is 12.5 Å². The number of imidazole rings is 1. The third-order valence-corrected chi connectivity index (χ3v) is 1.45. The zero-order valence-corrected chi connectivity index (χ0v) is 6.64. The molecular formula is C7H10N2O3. The van der Waals surface area contributed by atoms with Gasteiger partial charge in [0.15, 0.2) is 6.10 Å². The van der Waals surface area contributed by atoms with Gasteiger partial charge >= 0.3 is 5.97 Å². The zero-order valence-electron chi connectivity index (χ0n) is 6.64. The summed E-state index contributed by atoms with van der Waals surface area (Å²) in [7, 11) is 1.78. The quantitative estimate of drug-likeness (QED) is 0.635. The Morgan fingerprint density at radius 2 is 2.50 bits per heavy atom. The molecule has 0 aliphatic carbocycles. The monoisotopic (exact) mass is 170 g/mol. The smallest absolute Gasteiger partial charge is 0.332 e. The summed E-state index contributed by atoms with van der Waals surface area (Å²) in [5.41, 5.74) is 0.576. The van der Waals surface area contributed by atoms with Crippen molar-refractivity contribution in [1.29, 1.82) is 0 Å². The maximum atomic E-state index is 10.2. The first-order valence-corrected chi connectivity index (χ1v) is 3.47. The van der Waals surface area contributed by atoms with E-state index in [9.17, 15) is 4.79 Å². The summed E-state index contributed by atoms with van der Waals surface area (Å²) >= 11 is 0. The van der Waals surface area contributed by atoms with Gasteiger partial charge in [-0.1, -0.05) is 0 Å². The highest BCUT2D eigenvalue weighted by Gasteiger charge is 2.14. The van der Waals surface area contributed by atoms with Crippen LogP contribution in [0.2, 0.25) is 0 Å². The maximum Gasteiger partial charge on any atom is 0.332 e. The molecule has 2 N–H and O–H groups in total. The number of hydrogen-bond donors (Lipinski definition) is 2. The molecule has 0 saturated heterocycles. The summed E-state index contributed by atoms with van der Waals surface area (Å²) in [5.74, 6) is -1.22. The molecule has 0 amide bonds. The minimum Gasteiger partial charge on any atom is -0.479 e. The summed E-state index contributed by atoms with van der Waals surface area (Å²) in [5, 5.41) is 17.3. The molecule has 1 aromatic heterocycles. The second kappa shape index (κ2) is 3.36. The lowest BCUT2D eigenvalue weighted by atomic mass is 10.2. The Hall–Kier alpha value is -1.36. The highest BCUT2D eigenvalue weighted by Crippen LogP contribution is 1.99. The standard InChI is InChI=1S/C7H10N2O3/c1-9-3-5(8-4-9)2-6(10)7(11)12/h3-4,6,10H,2H2,1H3,(H,11,12)/t6-/m0/s1. The van der Waals surface area contributed by atoms with Crippen LogP contribution in [0.25, 0.3) is 0 Å². The van der Waals surface area contributed by atoms with E-state index in [1.54, 1.807) is 24.1 Å². The fourth-order valence-electron chi connectivity index (χ4n) is 0.858. The molecule has 1 rings (SSSR count). The second-order valence-corrected chi connectivity index (χ2v) is 2.59. The third-order valence-electron chi connectivity index (χ3n) is 1.45. The summed E-state index contributed by atoms with van der Waals surface area (Å²) in [6.45, 7) is 0. The first-order valence-electron chi connectivity index (χ1n) is 3.47. The molecule has 0 aliphatic rings. The average molecular weight is 170 g/mol. The average Bonchev–Trinajstić information content (AvgIpc) is 2.35. The molecule has 0 aliphatic heterocycles. The van der Waals surface area contributed by atoms with Crippen LogP contribution in [0.15, 0.2) is 12.5 Å². The lowest BCUT2D eigenvalue weighted by molar-refractivity contribution is -0.146. The van der Waals surface area contributed by atoms with Crippen LogP contribution in [0, 0.1) is 0 Å². The van der Waals surface area contributed by atoms with E-state index in [1.165, 1.54) is 0 Å². The van der Waals surface area contributed by atoms with E-state index >= 15 is 0 Å². The highest BCUT2D eigenvalue weighted by molar-refractivity contribution is 5.72. The molecule has 1 atom stereocenters. The van der Waals surface area contributed by atoms with Gasteiger partial charge in [0.1, 0.15) is 0 Å². The minimum absolute atomic E-state index is 0.0518. The van der Waals surface area contributed by atoms with Crippen molar-refractivity contribution in [3.05, 3.63) is 18.2 Å². The summed E-state index contributed by atoms with van der Waals surface area (Å²) in [6, 6.07) is 0. The molecule has 0 saturated carbocycles. The molecule has 0 aromatic carbocycles. The molecule has 0 radical (unpaired) electrons. The lowest BCUT2D eigenvalue weighted by Gasteiger charge is -2.00. The molecule has 5 nitrogen and oxygen atoms in total. The van der Waals surface area contributed by atoms with Gasteiger partial charge in [-0.15, -0.1) is 0 Å². The normalized spacial score (nSPS) is 12.8. The van der Waals surface area contributed by atoms with Crippen molar-refractivity contribution in [2.24, 2.45) is 7.05 Å². The number of hydrogen-bond acceptors (Lipinski definition) is 3. The van der Waals surface area contributed by atoms with Gasteiger partial charge in [0.05, 0.1) is 12.0 Å². The first-order chi connectivity index (χ1) is 5.59. The van der Waals surface area contributed by atoms with Crippen LogP contribution in [0.5, 0.6) is 0 Å². The Morgan fingerprint density at radius 1 is 1.83 bits per heavy atom. The van der Waals surface area contributed by atoms with Crippen molar-refractivity contribution in [2.75, 3.05) is 0 Å². The van der Waals surface area contributed by atoms with Gasteiger partial charge in [-0.2, -0.15) is 0 Å². The summed E-state index contributed by atoms with van der Waals surface area (Å²) in [4.78, 5) is 14.1. The Morgan fingerprint density at radius 3 is 2.92 bits per heavy atom. The number of aryl methyl sites for hydroxylation is 1. The molecule has 5 heteroatoms. The summed E-state index contributed by atoms with van der Waals surface area (Å²) < 4.78 is 1.70. The molecule has 0 spiro atoms. The summed E-state index contributed by atoms with van der Waals surface area (Å²) in [6.07, 6.45) is 1.92. The fourth-order valence-corrected chi connectivity index (χ4v) is 0.858. The van der Waals surface area contributed by atoms with Gasteiger partial charge in [-0.05, 0) is 0 Å². The molecule has 1 heterocycles. The molecule has 0 unspecified atom stereocenters. The van der Waals surface area contributed by atoms with Crippen molar-refractivity contribution >= 4 is 5.97 Å². The van der Waals surface area contributed by atoms with E-state index in [0.29, 0.717) is 5.69 Å². The Bertz CT molecular complexity index is 282. The SMILES string of the molecule is Cn1cnc(C[C@H](O)C(=O)O)c1. The van der Waals surface area contributed by atoms with E-state index in [4.69, 9.17) is 10.2 Å². The van der Waals surface area contributed by atoms with Crippen molar-refractivity contribution < 1.29 is 15.0 Å². The molecule has 66 valence electrons. The van der Waals surface area contributed by atoms with Gasteiger partial charge in [0.25, 0.3) is 0 Å². The topological polar surface area (TPSA) is 75.3 Å². The van der Waals surface area contributed by atoms with E-state index < -0.39 is 12.1 Å². The van der Waals surface area contributed by atoms with Crippen LogP contribution in [0.4, 0.5) is 0 Å². The van der Waals surface area contributed by atoms with Crippen molar-refractivity contribution in [3.63, 3.8) is 0 Å². The van der Waals surface area contributed by atoms with Crippen LogP contribution < -0.4 is 0 Å². The van der Waals surface area contributed by atoms with E-state index in [0.717, 1.165) is 0 Å². The van der Waals surface area contributed by atoms with Gasteiger partial charge < -0.3 is 14.8 Å². The number of carbonyl (C=O) groups is 1. The maximum absolute atomic E-state index is 10.2.